The van der Waals surface area contributed by atoms with Crippen molar-refractivity contribution in [2.24, 2.45) is 5.92 Å². The van der Waals surface area contributed by atoms with Crippen LogP contribution in [0.3, 0.4) is 0 Å². The maximum absolute atomic E-state index is 5.81. The van der Waals surface area contributed by atoms with Crippen molar-refractivity contribution < 1.29 is 0 Å². The molecule has 0 spiro atoms. The number of nitrogens with zero attached hydrogens (tertiary/aromatic N) is 3. The Bertz CT molecular complexity index is 587. The van der Waals surface area contributed by atoms with Gasteiger partial charge in [0.25, 0.3) is 0 Å². The summed E-state index contributed by atoms with van der Waals surface area (Å²) < 4.78 is 2.06. The van der Waals surface area contributed by atoms with Crippen molar-refractivity contribution in [3.63, 3.8) is 0 Å². The predicted molar refractivity (Wildman–Crippen MR) is 82.7 cm³/mol. The largest absolute Gasteiger partial charge is 0.399 e. The molecule has 108 valence electrons. The minimum atomic E-state index is 0.652. The molecule has 0 saturated carbocycles. The lowest BCUT2D eigenvalue weighted by Crippen LogP contribution is -2.40. The van der Waals surface area contributed by atoms with E-state index in [1.54, 1.807) is 0 Å². The second kappa shape index (κ2) is 5.44. The first kappa shape index (κ1) is 13.4. The fourth-order valence-corrected chi connectivity index (χ4v) is 3.18. The van der Waals surface area contributed by atoms with E-state index in [2.05, 4.69) is 29.3 Å². The minimum Gasteiger partial charge on any atom is -0.399 e. The smallest absolute Gasteiger partial charge is 0.139 e. The van der Waals surface area contributed by atoms with Crippen LogP contribution in [0.2, 0.25) is 0 Å². The number of pyridine rings is 1. The summed E-state index contributed by atoms with van der Waals surface area (Å²) in [5.41, 5.74) is 8.73. The average molecular weight is 272 g/mol. The summed E-state index contributed by atoms with van der Waals surface area (Å²) in [5.74, 6) is 0.730. The van der Waals surface area contributed by atoms with Crippen LogP contribution in [0.4, 0.5) is 5.69 Å². The van der Waals surface area contributed by atoms with E-state index in [1.165, 1.54) is 31.6 Å². The van der Waals surface area contributed by atoms with Crippen molar-refractivity contribution in [1.29, 1.82) is 0 Å². The van der Waals surface area contributed by atoms with Crippen LogP contribution in [0.15, 0.2) is 24.5 Å². The monoisotopic (exact) mass is 272 g/mol. The third-order valence-electron chi connectivity index (χ3n) is 4.31. The Kier molecular flexibility index (Phi) is 3.66. The predicted octanol–water partition coefficient (Wildman–Crippen LogP) is 2.58. The van der Waals surface area contributed by atoms with E-state index >= 15 is 0 Å². The number of nitrogen functional groups attached to an aromatic ring is 1. The SMILES string of the molecule is CC(C)N1CCCC(Cc2cn3ccc(N)cc3n2)C1. The molecule has 0 radical (unpaired) electrons. The molecule has 0 bridgehead atoms. The molecule has 2 aromatic heterocycles. The molecule has 1 unspecified atom stereocenters. The molecule has 20 heavy (non-hydrogen) atoms. The van der Waals surface area contributed by atoms with Crippen molar-refractivity contribution in [1.82, 2.24) is 14.3 Å². The Hall–Kier alpha value is -1.55. The number of aromatic nitrogens is 2. The molecule has 0 aromatic carbocycles. The highest BCUT2D eigenvalue weighted by Crippen LogP contribution is 2.22. The molecular weight excluding hydrogens is 248 g/mol. The quantitative estimate of drug-likeness (QED) is 0.934. The van der Waals surface area contributed by atoms with E-state index in [4.69, 9.17) is 10.7 Å². The number of rotatable bonds is 3. The third-order valence-corrected chi connectivity index (χ3v) is 4.31. The summed E-state index contributed by atoms with van der Waals surface area (Å²) >= 11 is 0. The molecule has 1 aliphatic heterocycles. The molecule has 2 aromatic rings. The van der Waals surface area contributed by atoms with E-state index in [9.17, 15) is 0 Å². The lowest BCUT2D eigenvalue weighted by Gasteiger charge is -2.35. The summed E-state index contributed by atoms with van der Waals surface area (Å²) in [6.45, 7) is 7.02. The zero-order valence-corrected chi connectivity index (χ0v) is 12.4. The van der Waals surface area contributed by atoms with Crippen LogP contribution < -0.4 is 5.73 Å². The molecule has 2 N–H and O–H groups in total. The van der Waals surface area contributed by atoms with Crippen molar-refractivity contribution in [3.8, 4) is 0 Å². The molecule has 1 aliphatic rings. The highest BCUT2D eigenvalue weighted by molar-refractivity contribution is 5.52. The maximum atomic E-state index is 5.81. The summed E-state index contributed by atoms with van der Waals surface area (Å²) in [6.07, 6.45) is 7.83. The van der Waals surface area contributed by atoms with Gasteiger partial charge >= 0.3 is 0 Å². The van der Waals surface area contributed by atoms with Gasteiger partial charge in [0.2, 0.25) is 0 Å². The Morgan fingerprint density at radius 2 is 2.30 bits per heavy atom. The molecule has 0 amide bonds. The fourth-order valence-electron chi connectivity index (χ4n) is 3.18. The van der Waals surface area contributed by atoms with E-state index in [-0.39, 0.29) is 0 Å². The molecule has 3 heterocycles. The number of hydrogen-bond donors (Lipinski definition) is 1. The average Bonchev–Trinajstić information content (AvgIpc) is 2.80. The number of imidazole rings is 1. The van der Waals surface area contributed by atoms with Gasteiger partial charge in [0.15, 0.2) is 0 Å². The zero-order chi connectivity index (χ0) is 14.1. The van der Waals surface area contributed by atoms with Gasteiger partial charge in [-0.25, -0.2) is 4.98 Å². The molecule has 0 aliphatic carbocycles. The van der Waals surface area contributed by atoms with Gasteiger partial charge in [0.05, 0.1) is 5.69 Å². The molecule has 1 fully saturated rings. The third kappa shape index (κ3) is 2.80. The topological polar surface area (TPSA) is 46.6 Å². The molecular formula is C16H24N4. The standard InChI is InChI=1S/C16H24N4/c1-12(2)19-6-3-4-13(10-19)8-15-11-20-7-5-14(17)9-16(20)18-15/h5,7,9,11-13H,3-4,6,8,10,17H2,1-2H3. The van der Waals surface area contributed by atoms with Crippen LogP contribution >= 0.6 is 0 Å². The number of fused-ring (bicyclic) bond motifs is 1. The van der Waals surface area contributed by atoms with Crippen molar-refractivity contribution in [2.75, 3.05) is 18.8 Å². The Morgan fingerprint density at radius 1 is 1.45 bits per heavy atom. The Morgan fingerprint density at radius 3 is 3.10 bits per heavy atom. The molecule has 1 saturated heterocycles. The first-order chi connectivity index (χ1) is 9.61. The number of anilines is 1. The van der Waals surface area contributed by atoms with Crippen LogP contribution in [0.1, 0.15) is 32.4 Å². The van der Waals surface area contributed by atoms with Crippen LogP contribution in [-0.4, -0.2) is 33.4 Å². The second-order valence-corrected chi connectivity index (χ2v) is 6.26. The lowest BCUT2D eigenvalue weighted by atomic mass is 9.93. The molecule has 4 nitrogen and oxygen atoms in total. The van der Waals surface area contributed by atoms with E-state index < -0.39 is 0 Å². The Balaban J connectivity index is 1.72. The number of nitrogens with two attached hydrogens (primary N) is 1. The van der Waals surface area contributed by atoms with Crippen molar-refractivity contribution >= 4 is 11.3 Å². The van der Waals surface area contributed by atoms with Crippen molar-refractivity contribution in [2.45, 2.75) is 39.2 Å². The number of piperidine rings is 1. The van der Waals surface area contributed by atoms with Gasteiger partial charge in [-0.1, -0.05) is 0 Å². The van der Waals surface area contributed by atoms with Gasteiger partial charge in [-0.2, -0.15) is 0 Å². The first-order valence-corrected chi connectivity index (χ1v) is 7.59. The van der Waals surface area contributed by atoms with E-state index in [0.717, 1.165) is 23.7 Å². The van der Waals surface area contributed by atoms with Crippen molar-refractivity contribution in [3.05, 3.63) is 30.2 Å². The number of hydrogen-bond acceptors (Lipinski definition) is 3. The van der Waals surface area contributed by atoms with Crippen LogP contribution in [0.25, 0.3) is 5.65 Å². The molecule has 4 heteroatoms. The van der Waals surface area contributed by atoms with Crippen LogP contribution in [-0.2, 0) is 6.42 Å². The van der Waals surface area contributed by atoms with Gasteiger partial charge in [-0.3, -0.25) is 0 Å². The molecule has 1 atom stereocenters. The highest BCUT2D eigenvalue weighted by Gasteiger charge is 2.22. The fraction of sp³-hybridized carbons (Fsp3) is 0.562. The first-order valence-electron chi connectivity index (χ1n) is 7.59. The maximum Gasteiger partial charge on any atom is 0.139 e. The van der Waals surface area contributed by atoms with E-state index in [0.29, 0.717) is 6.04 Å². The number of likely N-dealkylation sites (tertiary alicyclic amines) is 1. The van der Waals surface area contributed by atoms with Gasteiger partial charge < -0.3 is 15.0 Å². The zero-order valence-electron chi connectivity index (χ0n) is 12.4. The van der Waals surface area contributed by atoms with Crippen LogP contribution in [0.5, 0.6) is 0 Å². The summed E-state index contributed by atoms with van der Waals surface area (Å²) in [5, 5.41) is 0. The lowest BCUT2D eigenvalue weighted by molar-refractivity contribution is 0.139. The van der Waals surface area contributed by atoms with E-state index in [1.807, 2.05) is 18.3 Å². The second-order valence-electron chi connectivity index (χ2n) is 6.26. The highest BCUT2D eigenvalue weighted by atomic mass is 15.2. The molecule has 3 rings (SSSR count). The summed E-state index contributed by atoms with van der Waals surface area (Å²) in [4.78, 5) is 7.29. The van der Waals surface area contributed by atoms with Gasteiger partial charge in [-0.15, -0.1) is 0 Å². The summed E-state index contributed by atoms with van der Waals surface area (Å²) in [6, 6.07) is 4.50. The summed E-state index contributed by atoms with van der Waals surface area (Å²) in [7, 11) is 0. The Labute approximate surface area is 120 Å². The van der Waals surface area contributed by atoms with Crippen LogP contribution in [0, 0.1) is 5.92 Å². The van der Waals surface area contributed by atoms with Gasteiger partial charge in [-0.05, 0) is 51.6 Å². The van der Waals surface area contributed by atoms with Gasteiger partial charge in [0.1, 0.15) is 5.65 Å². The minimum absolute atomic E-state index is 0.652. The normalized spacial score (nSPS) is 20.9. The van der Waals surface area contributed by atoms with Gasteiger partial charge in [0, 0.05) is 36.7 Å².